The quantitative estimate of drug-likeness (QED) is 0.535. The van der Waals surface area contributed by atoms with Crippen LogP contribution in [-0.4, -0.2) is 54.2 Å². The van der Waals surface area contributed by atoms with E-state index in [1.165, 1.54) is 36.0 Å². The van der Waals surface area contributed by atoms with E-state index in [9.17, 15) is 25.4 Å². The third-order valence-corrected chi connectivity index (χ3v) is 3.98. The first-order chi connectivity index (χ1) is 10.4. The van der Waals surface area contributed by atoms with Gasteiger partial charge in [-0.05, 0) is 13.0 Å². The van der Waals surface area contributed by atoms with Gasteiger partial charge in [-0.2, -0.15) is 0 Å². The maximum Gasteiger partial charge on any atom is 0.281 e. The number of rotatable bonds is 3. The van der Waals surface area contributed by atoms with E-state index in [0.717, 1.165) is 0 Å². The fourth-order valence-electron chi connectivity index (χ4n) is 2.78. The number of nitrogens with zero attached hydrogens (tertiary/aromatic N) is 3. The molecule has 9 nitrogen and oxygen atoms in total. The molecule has 0 aromatic carbocycles. The highest BCUT2D eigenvalue weighted by molar-refractivity contribution is 5.86. The molecule has 1 saturated heterocycles. The number of pyridine rings is 1. The van der Waals surface area contributed by atoms with Crippen LogP contribution in [-0.2, 0) is 4.74 Å². The smallest absolute Gasteiger partial charge is 0.281 e. The van der Waals surface area contributed by atoms with Crippen LogP contribution in [0.3, 0.4) is 0 Å². The third-order valence-electron chi connectivity index (χ3n) is 3.98. The first-order valence-corrected chi connectivity index (χ1v) is 6.64. The van der Waals surface area contributed by atoms with Crippen LogP contribution in [0, 0.1) is 10.1 Å². The Kier molecular flexibility index (Phi) is 3.37. The van der Waals surface area contributed by atoms with Gasteiger partial charge in [-0.25, -0.2) is 4.98 Å². The van der Waals surface area contributed by atoms with Crippen LogP contribution in [0.15, 0.2) is 24.5 Å². The molecule has 2 aromatic heterocycles. The van der Waals surface area contributed by atoms with Crippen molar-refractivity contribution in [2.24, 2.45) is 0 Å². The van der Waals surface area contributed by atoms with Crippen molar-refractivity contribution in [1.29, 1.82) is 0 Å². The molecule has 4 atom stereocenters. The molecule has 0 saturated carbocycles. The molecule has 0 bridgehead atoms. The van der Waals surface area contributed by atoms with Gasteiger partial charge in [-0.1, -0.05) is 0 Å². The highest BCUT2D eigenvalue weighted by Gasteiger charge is 2.53. The number of hydrogen-bond acceptors (Lipinski definition) is 7. The molecule has 0 amide bonds. The second kappa shape index (κ2) is 4.99. The fraction of sp³-hybridized carbons (Fsp3) is 0.462. The monoisotopic (exact) mass is 309 g/mol. The fourth-order valence-corrected chi connectivity index (χ4v) is 2.78. The number of aliphatic hydroxyl groups excluding tert-OH is 2. The van der Waals surface area contributed by atoms with E-state index < -0.39 is 35.6 Å². The van der Waals surface area contributed by atoms with Gasteiger partial charge in [0.2, 0.25) is 0 Å². The summed E-state index contributed by atoms with van der Waals surface area (Å²) in [4.78, 5) is 14.6. The van der Waals surface area contributed by atoms with E-state index in [1.807, 2.05) is 0 Å². The molecule has 118 valence electrons. The second-order valence-corrected chi connectivity index (χ2v) is 5.43. The Morgan fingerprint density at radius 2 is 2.27 bits per heavy atom. The number of aliphatic hydroxyl groups is 3. The van der Waals surface area contributed by atoms with E-state index in [0.29, 0.717) is 5.39 Å². The topological polar surface area (TPSA) is 131 Å². The first-order valence-electron chi connectivity index (χ1n) is 6.64. The van der Waals surface area contributed by atoms with E-state index in [4.69, 9.17) is 4.74 Å². The van der Waals surface area contributed by atoms with Crippen molar-refractivity contribution in [1.82, 2.24) is 9.55 Å². The van der Waals surface area contributed by atoms with Gasteiger partial charge in [0.05, 0.1) is 16.9 Å². The molecule has 0 radical (unpaired) electrons. The van der Waals surface area contributed by atoms with Gasteiger partial charge in [-0.15, -0.1) is 0 Å². The van der Waals surface area contributed by atoms with Crippen LogP contribution in [0.1, 0.15) is 13.2 Å². The van der Waals surface area contributed by atoms with Crippen molar-refractivity contribution in [3.8, 4) is 0 Å². The molecule has 3 heterocycles. The zero-order valence-corrected chi connectivity index (χ0v) is 11.7. The van der Waals surface area contributed by atoms with Crippen LogP contribution in [0.25, 0.3) is 11.0 Å². The second-order valence-electron chi connectivity index (χ2n) is 5.43. The molecule has 2 aromatic rings. The van der Waals surface area contributed by atoms with Gasteiger partial charge in [0.25, 0.3) is 5.69 Å². The predicted octanol–water partition coefficient (Wildman–Crippen LogP) is -0.0539. The summed E-state index contributed by atoms with van der Waals surface area (Å²) in [5.74, 6) is 0. The molecule has 1 aliphatic rings. The average molecular weight is 309 g/mol. The van der Waals surface area contributed by atoms with Crippen LogP contribution in [0.4, 0.5) is 5.69 Å². The van der Waals surface area contributed by atoms with E-state index in [2.05, 4.69) is 4.98 Å². The van der Waals surface area contributed by atoms with Crippen LogP contribution < -0.4 is 0 Å². The van der Waals surface area contributed by atoms with Gasteiger partial charge < -0.3 is 24.6 Å². The van der Waals surface area contributed by atoms with Crippen molar-refractivity contribution >= 4 is 16.7 Å². The lowest BCUT2D eigenvalue weighted by Crippen LogP contribution is -2.44. The molecule has 3 rings (SSSR count). The zero-order chi connectivity index (χ0) is 16.1. The molecular formula is C13H15N3O6. The summed E-state index contributed by atoms with van der Waals surface area (Å²) in [6.07, 6.45) is -0.474. The molecule has 0 spiro atoms. The van der Waals surface area contributed by atoms with Crippen molar-refractivity contribution in [2.75, 3.05) is 6.61 Å². The van der Waals surface area contributed by atoms with Crippen molar-refractivity contribution in [2.45, 2.75) is 31.0 Å². The van der Waals surface area contributed by atoms with Crippen molar-refractivity contribution in [3.63, 3.8) is 0 Å². The Labute approximate surface area is 124 Å². The lowest BCUT2D eigenvalue weighted by molar-refractivity contribution is -0.383. The molecule has 22 heavy (non-hydrogen) atoms. The summed E-state index contributed by atoms with van der Waals surface area (Å²) < 4.78 is 6.91. The van der Waals surface area contributed by atoms with E-state index in [-0.39, 0.29) is 11.3 Å². The van der Waals surface area contributed by atoms with Gasteiger partial charge in [-0.3, -0.25) is 10.1 Å². The summed E-state index contributed by atoms with van der Waals surface area (Å²) in [5, 5.41) is 41.0. The van der Waals surface area contributed by atoms with Gasteiger partial charge in [0, 0.05) is 18.5 Å². The minimum atomic E-state index is -1.67. The number of fused-ring (bicyclic) bond motifs is 1. The standard InChI is InChI=1S/C13H15N3O6/c1-13(19)10(18)9(6-17)22-12(13)15-5-3-7-8(16(20)21)2-4-14-11(7)15/h2-5,9-10,12,17-19H,6H2,1H3/t9-,10-,12-,13-/m1/s1. The Morgan fingerprint density at radius 3 is 2.86 bits per heavy atom. The van der Waals surface area contributed by atoms with Crippen LogP contribution >= 0.6 is 0 Å². The number of hydrogen-bond donors (Lipinski definition) is 3. The Balaban J connectivity index is 2.12. The summed E-state index contributed by atoms with van der Waals surface area (Å²) >= 11 is 0. The highest BCUT2D eigenvalue weighted by Crippen LogP contribution is 2.40. The first kappa shape index (κ1) is 14.9. The Hall–Kier alpha value is -2.07. The number of aromatic nitrogens is 2. The van der Waals surface area contributed by atoms with Gasteiger partial charge in [0.15, 0.2) is 6.23 Å². The number of ether oxygens (including phenoxy) is 1. The lowest BCUT2D eigenvalue weighted by Gasteiger charge is -2.27. The molecular weight excluding hydrogens is 294 g/mol. The molecule has 1 fully saturated rings. The highest BCUT2D eigenvalue weighted by atomic mass is 16.6. The molecule has 0 aliphatic carbocycles. The minimum absolute atomic E-state index is 0.111. The van der Waals surface area contributed by atoms with E-state index in [1.54, 1.807) is 0 Å². The van der Waals surface area contributed by atoms with Gasteiger partial charge >= 0.3 is 0 Å². The maximum absolute atomic E-state index is 11.0. The SMILES string of the molecule is C[C@@]1(O)[C@H](O)[C@@H](CO)O[C@H]1n1ccc2c([N+](=O)[O-])ccnc21. The molecule has 0 unspecified atom stereocenters. The molecule has 3 N–H and O–H groups in total. The Morgan fingerprint density at radius 1 is 1.55 bits per heavy atom. The summed E-state index contributed by atoms with van der Waals surface area (Å²) in [6, 6.07) is 2.78. The summed E-state index contributed by atoms with van der Waals surface area (Å²) in [6.45, 7) is 0.918. The molecule has 9 heteroatoms. The lowest BCUT2D eigenvalue weighted by atomic mass is 9.96. The van der Waals surface area contributed by atoms with Crippen molar-refractivity contribution < 1.29 is 25.0 Å². The van der Waals surface area contributed by atoms with Crippen molar-refractivity contribution in [3.05, 3.63) is 34.6 Å². The van der Waals surface area contributed by atoms with Crippen LogP contribution in [0.5, 0.6) is 0 Å². The van der Waals surface area contributed by atoms with Crippen LogP contribution in [0.2, 0.25) is 0 Å². The third kappa shape index (κ3) is 1.98. The summed E-state index contributed by atoms with van der Waals surface area (Å²) in [7, 11) is 0. The zero-order valence-electron chi connectivity index (χ0n) is 11.7. The largest absolute Gasteiger partial charge is 0.394 e. The van der Waals surface area contributed by atoms with E-state index >= 15 is 0 Å². The average Bonchev–Trinajstić information content (AvgIpc) is 2.99. The van der Waals surface area contributed by atoms with Gasteiger partial charge in [0.1, 0.15) is 23.5 Å². The minimum Gasteiger partial charge on any atom is -0.394 e. The maximum atomic E-state index is 11.0. The molecule has 1 aliphatic heterocycles. The summed E-state index contributed by atoms with van der Waals surface area (Å²) in [5.41, 5.74) is -1.53. The number of nitro groups is 1. The normalized spacial score (nSPS) is 31.7. The Bertz CT molecular complexity index is 728. The predicted molar refractivity (Wildman–Crippen MR) is 74.0 cm³/mol.